The van der Waals surface area contributed by atoms with E-state index in [0.29, 0.717) is 19.2 Å². The summed E-state index contributed by atoms with van der Waals surface area (Å²) in [4.78, 5) is 11.4. The zero-order valence-electron chi connectivity index (χ0n) is 11.2. The largest absolute Gasteiger partial charge is 0.535 e. The van der Waals surface area contributed by atoms with Gasteiger partial charge in [0.1, 0.15) is 23.7 Å². The number of carbonyl (C=O) groups is 1. The third kappa shape index (κ3) is 3.06. The van der Waals surface area contributed by atoms with Crippen LogP contribution in [0.15, 0.2) is 12.1 Å². The predicted molar refractivity (Wildman–Crippen MR) is 74.1 cm³/mol. The van der Waals surface area contributed by atoms with Crippen LogP contribution in [0.4, 0.5) is 0 Å². The molecule has 0 radical (unpaired) electrons. The van der Waals surface area contributed by atoms with Gasteiger partial charge in [-0.25, -0.2) is 4.79 Å². The zero-order chi connectivity index (χ0) is 14.5. The fourth-order valence-electron chi connectivity index (χ4n) is 2.03. The molecular formula is C14H15BO5. The number of carboxylic acid groups (broad SMARTS) is 1. The molecule has 0 aromatic heterocycles. The van der Waals surface area contributed by atoms with Crippen LogP contribution in [-0.4, -0.2) is 29.8 Å². The normalized spacial score (nSPS) is 12.8. The van der Waals surface area contributed by atoms with Crippen LogP contribution >= 0.6 is 0 Å². The maximum absolute atomic E-state index is 11.4. The van der Waals surface area contributed by atoms with E-state index in [-0.39, 0.29) is 23.7 Å². The molecule has 1 aliphatic heterocycles. The number of rotatable bonds is 3. The first kappa shape index (κ1) is 14.3. The van der Waals surface area contributed by atoms with E-state index in [1.54, 1.807) is 12.1 Å². The first-order chi connectivity index (χ1) is 9.63. The average molecular weight is 274 g/mol. The second kappa shape index (κ2) is 6.35. The van der Waals surface area contributed by atoms with Gasteiger partial charge in [0, 0.05) is 6.42 Å². The first-order valence-electron chi connectivity index (χ1n) is 6.46. The lowest BCUT2D eigenvalue weighted by molar-refractivity contribution is 0.0690. The smallest absolute Gasteiger partial charge is 0.522 e. The molecule has 1 aliphatic rings. The second-order valence-electron chi connectivity index (χ2n) is 4.34. The molecular weight excluding hydrogens is 259 g/mol. The standard InChI is InChI=1S/C14H15BO5/c1-2-3-4-9-19-11-6-5-10-7-8-15(18)20-13(10)12(11)14(16)17/h5-6,18H,2,7-9H2,1H3,(H,16,17). The van der Waals surface area contributed by atoms with Gasteiger partial charge in [0.2, 0.25) is 0 Å². The Morgan fingerprint density at radius 1 is 1.50 bits per heavy atom. The van der Waals surface area contributed by atoms with E-state index in [9.17, 15) is 14.9 Å². The van der Waals surface area contributed by atoms with Crippen molar-refractivity contribution >= 4 is 13.1 Å². The van der Waals surface area contributed by atoms with E-state index in [1.807, 2.05) is 6.92 Å². The SMILES string of the molecule is CCC#CCOc1ccc2c(c1C(=O)O)OB(O)CC2. The molecule has 1 heterocycles. The minimum atomic E-state index is -1.14. The fourth-order valence-corrected chi connectivity index (χ4v) is 2.03. The monoisotopic (exact) mass is 274 g/mol. The zero-order valence-corrected chi connectivity index (χ0v) is 11.2. The minimum Gasteiger partial charge on any atom is -0.535 e. The van der Waals surface area contributed by atoms with Gasteiger partial charge >= 0.3 is 13.1 Å². The molecule has 0 aliphatic carbocycles. The fraction of sp³-hybridized carbons (Fsp3) is 0.357. The van der Waals surface area contributed by atoms with E-state index >= 15 is 0 Å². The van der Waals surface area contributed by atoms with Crippen molar-refractivity contribution in [2.24, 2.45) is 0 Å². The molecule has 0 spiro atoms. The second-order valence-corrected chi connectivity index (χ2v) is 4.34. The van der Waals surface area contributed by atoms with Crippen LogP contribution in [0.2, 0.25) is 6.32 Å². The molecule has 1 aromatic carbocycles. The Bertz CT molecular complexity index is 573. The van der Waals surface area contributed by atoms with E-state index in [0.717, 1.165) is 5.56 Å². The summed E-state index contributed by atoms with van der Waals surface area (Å²) in [5, 5.41) is 18.9. The van der Waals surface area contributed by atoms with Crippen molar-refractivity contribution in [3.63, 3.8) is 0 Å². The van der Waals surface area contributed by atoms with Crippen LogP contribution in [0.1, 0.15) is 29.3 Å². The number of benzene rings is 1. The molecule has 2 N–H and O–H groups in total. The number of hydrogen-bond donors (Lipinski definition) is 2. The van der Waals surface area contributed by atoms with Crippen LogP contribution in [0.25, 0.3) is 0 Å². The quantitative estimate of drug-likeness (QED) is 0.646. The molecule has 5 nitrogen and oxygen atoms in total. The summed E-state index contributed by atoms with van der Waals surface area (Å²) in [5.74, 6) is 4.88. The Balaban J connectivity index is 2.32. The van der Waals surface area contributed by atoms with Crippen LogP contribution in [0.5, 0.6) is 11.5 Å². The highest BCUT2D eigenvalue weighted by atomic mass is 16.5. The van der Waals surface area contributed by atoms with E-state index in [4.69, 9.17) is 9.39 Å². The molecule has 2 rings (SSSR count). The number of carboxylic acids is 1. The molecule has 0 saturated carbocycles. The highest BCUT2D eigenvalue weighted by molar-refractivity contribution is 6.44. The van der Waals surface area contributed by atoms with Crippen LogP contribution in [0, 0.1) is 11.8 Å². The first-order valence-corrected chi connectivity index (χ1v) is 6.46. The van der Waals surface area contributed by atoms with Crippen molar-refractivity contribution in [2.75, 3.05) is 6.61 Å². The summed E-state index contributed by atoms with van der Waals surface area (Å²) in [5.41, 5.74) is 0.708. The van der Waals surface area contributed by atoms with Gasteiger partial charge in [0.25, 0.3) is 0 Å². The van der Waals surface area contributed by atoms with Gasteiger partial charge in [-0.1, -0.05) is 18.9 Å². The Morgan fingerprint density at radius 2 is 2.30 bits per heavy atom. The maximum atomic E-state index is 11.4. The van der Waals surface area contributed by atoms with Crippen LogP contribution < -0.4 is 9.39 Å². The molecule has 0 fully saturated rings. The number of ether oxygens (including phenoxy) is 1. The molecule has 0 saturated heterocycles. The molecule has 0 amide bonds. The van der Waals surface area contributed by atoms with Crippen molar-refractivity contribution in [3.05, 3.63) is 23.3 Å². The van der Waals surface area contributed by atoms with Gasteiger partial charge in [-0.3, -0.25) is 0 Å². The summed E-state index contributed by atoms with van der Waals surface area (Å²) in [6.07, 6.45) is 1.75. The van der Waals surface area contributed by atoms with Crippen molar-refractivity contribution in [3.8, 4) is 23.3 Å². The third-order valence-corrected chi connectivity index (χ3v) is 2.93. The minimum absolute atomic E-state index is 0.0560. The Morgan fingerprint density at radius 3 is 3.00 bits per heavy atom. The third-order valence-electron chi connectivity index (χ3n) is 2.93. The van der Waals surface area contributed by atoms with Gasteiger partial charge in [-0.15, -0.1) is 5.92 Å². The van der Waals surface area contributed by atoms with Crippen molar-refractivity contribution in [1.82, 2.24) is 0 Å². The number of aromatic carboxylic acids is 1. The van der Waals surface area contributed by atoms with Crippen molar-refractivity contribution in [1.29, 1.82) is 0 Å². The summed E-state index contributed by atoms with van der Waals surface area (Å²) in [6.45, 7) is 2.04. The Kier molecular flexibility index (Phi) is 4.54. The number of fused-ring (bicyclic) bond motifs is 1. The Labute approximate surface area is 117 Å². The Hall–Kier alpha value is -2.13. The van der Waals surface area contributed by atoms with E-state index in [1.165, 1.54) is 0 Å². The number of aryl methyl sites for hydroxylation is 1. The van der Waals surface area contributed by atoms with Crippen LogP contribution in [0.3, 0.4) is 0 Å². The highest BCUT2D eigenvalue weighted by Gasteiger charge is 2.29. The van der Waals surface area contributed by atoms with Gasteiger partial charge in [0.05, 0.1) is 0 Å². The molecule has 1 aromatic rings. The lowest BCUT2D eigenvalue weighted by Crippen LogP contribution is -2.28. The van der Waals surface area contributed by atoms with Gasteiger partial charge < -0.3 is 19.5 Å². The molecule has 104 valence electrons. The summed E-state index contributed by atoms with van der Waals surface area (Å²) in [6, 6.07) is 3.37. The molecule has 20 heavy (non-hydrogen) atoms. The van der Waals surface area contributed by atoms with Gasteiger partial charge in [-0.05, 0) is 24.4 Å². The molecule has 0 unspecified atom stereocenters. The van der Waals surface area contributed by atoms with Crippen LogP contribution in [-0.2, 0) is 6.42 Å². The van der Waals surface area contributed by atoms with Crippen molar-refractivity contribution < 1.29 is 24.3 Å². The molecule has 6 heteroatoms. The molecule has 0 bridgehead atoms. The maximum Gasteiger partial charge on any atom is 0.522 e. The van der Waals surface area contributed by atoms with Gasteiger partial charge in [0.15, 0.2) is 0 Å². The summed E-state index contributed by atoms with van der Waals surface area (Å²) in [7, 11) is -0.976. The van der Waals surface area contributed by atoms with E-state index < -0.39 is 13.1 Å². The lowest BCUT2D eigenvalue weighted by atomic mass is 9.78. The number of hydrogen-bond acceptors (Lipinski definition) is 4. The van der Waals surface area contributed by atoms with Gasteiger partial charge in [-0.2, -0.15) is 0 Å². The van der Waals surface area contributed by atoms with Crippen molar-refractivity contribution in [2.45, 2.75) is 26.1 Å². The highest BCUT2D eigenvalue weighted by Crippen LogP contribution is 2.36. The summed E-state index contributed by atoms with van der Waals surface area (Å²) < 4.78 is 10.6. The van der Waals surface area contributed by atoms with E-state index in [2.05, 4.69) is 11.8 Å². The lowest BCUT2D eigenvalue weighted by Gasteiger charge is -2.22. The average Bonchev–Trinajstić information content (AvgIpc) is 2.42. The predicted octanol–water partition coefficient (Wildman–Crippen LogP) is 1.59. The molecule has 0 atom stereocenters. The summed E-state index contributed by atoms with van der Waals surface area (Å²) >= 11 is 0. The topological polar surface area (TPSA) is 76.0 Å².